The highest BCUT2D eigenvalue weighted by Crippen LogP contribution is 2.21. The molecule has 1 aromatic heterocycles. The van der Waals surface area contributed by atoms with Crippen molar-refractivity contribution in [3.05, 3.63) is 76.2 Å². The number of carbonyl (C=O) groups excluding carboxylic acids is 1. The molecule has 6 heteroatoms. The average Bonchev–Trinajstić information content (AvgIpc) is 2.85. The third-order valence-electron chi connectivity index (χ3n) is 4.29. The van der Waals surface area contributed by atoms with E-state index in [-0.39, 0.29) is 23.3 Å². The largest absolute Gasteiger partial charge is 0.490 e. The van der Waals surface area contributed by atoms with Crippen molar-refractivity contribution >= 4 is 11.6 Å². The summed E-state index contributed by atoms with van der Waals surface area (Å²) < 4.78 is 8.97. The standard InChI is InChI=1S/C21H23N3O3/c1-14(2)27-18-13-9-8-12-17(18)20(25)22-19-15(3)23(4)24(21(19)26)16-10-6-5-7-11-16/h5-14H,1-4H3,(H,22,25). The summed E-state index contributed by atoms with van der Waals surface area (Å²) >= 11 is 0. The summed E-state index contributed by atoms with van der Waals surface area (Å²) in [6, 6.07) is 16.3. The van der Waals surface area contributed by atoms with Gasteiger partial charge in [-0.05, 0) is 45.0 Å². The van der Waals surface area contributed by atoms with Gasteiger partial charge in [-0.2, -0.15) is 0 Å². The van der Waals surface area contributed by atoms with Crippen molar-refractivity contribution in [3.8, 4) is 11.4 Å². The molecule has 0 saturated heterocycles. The second-order valence-corrected chi connectivity index (χ2v) is 6.55. The summed E-state index contributed by atoms with van der Waals surface area (Å²) in [4.78, 5) is 25.8. The molecule has 0 bridgehead atoms. The van der Waals surface area contributed by atoms with Crippen molar-refractivity contribution in [2.45, 2.75) is 26.9 Å². The number of nitrogens with one attached hydrogen (secondary N) is 1. The molecule has 1 amide bonds. The molecule has 0 radical (unpaired) electrons. The number of anilines is 1. The third kappa shape index (κ3) is 3.65. The fraction of sp³-hybridized carbons (Fsp3) is 0.238. The highest BCUT2D eigenvalue weighted by molar-refractivity contribution is 6.06. The number of hydrogen-bond acceptors (Lipinski definition) is 3. The van der Waals surface area contributed by atoms with E-state index in [9.17, 15) is 9.59 Å². The zero-order chi connectivity index (χ0) is 19.6. The van der Waals surface area contributed by atoms with Gasteiger partial charge in [0, 0.05) is 7.05 Å². The van der Waals surface area contributed by atoms with Gasteiger partial charge in [-0.15, -0.1) is 0 Å². The number of aromatic nitrogens is 2. The van der Waals surface area contributed by atoms with Gasteiger partial charge in [-0.3, -0.25) is 14.3 Å². The van der Waals surface area contributed by atoms with Crippen LogP contribution in [0.15, 0.2) is 59.4 Å². The lowest BCUT2D eigenvalue weighted by Gasteiger charge is -2.13. The Kier molecular flexibility index (Phi) is 5.16. The molecular weight excluding hydrogens is 342 g/mol. The SMILES string of the molecule is Cc1c(NC(=O)c2ccccc2OC(C)C)c(=O)n(-c2ccccc2)n1C. The van der Waals surface area contributed by atoms with Gasteiger partial charge >= 0.3 is 0 Å². The Morgan fingerprint density at radius 1 is 1.04 bits per heavy atom. The monoisotopic (exact) mass is 365 g/mol. The second-order valence-electron chi connectivity index (χ2n) is 6.55. The van der Waals surface area contributed by atoms with Gasteiger partial charge in [0.15, 0.2) is 0 Å². The first-order valence-electron chi connectivity index (χ1n) is 8.81. The van der Waals surface area contributed by atoms with Gasteiger partial charge in [-0.25, -0.2) is 4.68 Å². The maximum Gasteiger partial charge on any atom is 0.295 e. The van der Waals surface area contributed by atoms with Crippen molar-refractivity contribution in [1.29, 1.82) is 0 Å². The van der Waals surface area contributed by atoms with Gasteiger partial charge in [-0.1, -0.05) is 30.3 Å². The first kappa shape index (κ1) is 18.5. The number of amides is 1. The van der Waals surface area contributed by atoms with Crippen LogP contribution in [0.1, 0.15) is 29.9 Å². The van der Waals surface area contributed by atoms with E-state index < -0.39 is 0 Å². The van der Waals surface area contributed by atoms with E-state index in [1.807, 2.05) is 50.2 Å². The summed E-state index contributed by atoms with van der Waals surface area (Å²) in [6.07, 6.45) is -0.0623. The van der Waals surface area contributed by atoms with Gasteiger partial charge in [0.1, 0.15) is 11.4 Å². The van der Waals surface area contributed by atoms with Gasteiger partial charge < -0.3 is 10.1 Å². The number of benzene rings is 2. The quantitative estimate of drug-likeness (QED) is 0.752. The van der Waals surface area contributed by atoms with E-state index in [0.717, 1.165) is 5.69 Å². The summed E-state index contributed by atoms with van der Waals surface area (Å²) in [5.74, 6) is 0.110. The molecule has 1 heterocycles. The van der Waals surface area contributed by atoms with Crippen LogP contribution in [0.3, 0.4) is 0 Å². The number of hydrogen-bond donors (Lipinski definition) is 1. The van der Waals surface area contributed by atoms with E-state index in [1.54, 1.807) is 36.9 Å². The lowest BCUT2D eigenvalue weighted by Crippen LogP contribution is -2.23. The maximum absolute atomic E-state index is 12.9. The van der Waals surface area contributed by atoms with Gasteiger partial charge in [0.05, 0.1) is 23.0 Å². The third-order valence-corrected chi connectivity index (χ3v) is 4.29. The van der Waals surface area contributed by atoms with E-state index in [4.69, 9.17) is 4.74 Å². The molecular formula is C21H23N3O3. The Hall–Kier alpha value is -3.28. The Morgan fingerprint density at radius 2 is 1.67 bits per heavy atom. The smallest absolute Gasteiger partial charge is 0.295 e. The molecule has 1 N–H and O–H groups in total. The molecule has 0 aliphatic heterocycles. The molecule has 2 aromatic carbocycles. The van der Waals surface area contributed by atoms with E-state index in [0.29, 0.717) is 17.0 Å². The average molecular weight is 365 g/mol. The molecule has 0 saturated carbocycles. The van der Waals surface area contributed by atoms with Crippen LogP contribution in [0.5, 0.6) is 5.75 Å². The number of nitrogens with zero attached hydrogens (tertiary/aromatic N) is 2. The molecule has 6 nitrogen and oxygen atoms in total. The van der Waals surface area contributed by atoms with Gasteiger partial charge in [0.25, 0.3) is 11.5 Å². The van der Waals surface area contributed by atoms with Crippen LogP contribution in [0.4, 0.5) is 5.69 Å². The zero-order valence-corrected chi connectivity index (χ0v) is 15.9. The van der Waals surface area contributed by atoms with Crippen LogP contribution in [-0.4, -0.2) is 21.4 Å². The molecule has 0 atom stereocenters. The minimum Gasteiger partial charge on any atom is -0.490 e. The number of rotatable bonds is 5. The molecule has 0 fully saturated rings. The minimum atomic E-state index is -0.378. The lowest BCUT2D eigenvalue weighted by molar-refractivity contribution is 0.102. The fourth-order valence-electron chi connectivity index (χ4n) is 2.90. The van der Waals surface area contributed by atoms with Crippen LogP contribution in [0.2, 0.25) is 0 Å². The molecule has 0 aliphatic carbocycles. The maximum atomic E-state index is 12.9. The Balaban J connectivity index is 1.98. The molecule has 0 aliphatic rings. The molecule has 140 valence electrons. The highest BCUT2D eigenvalue weighted by Gasteiger charge is 2.20. The topological polar surface area (TPSA) is 65.3 Å². The van der Waals surface area contributed by atoms with Crippen LogP contribution >= 0.6 is 0 Å². The molecule has 0 unspecified atom stereocenters. The second kappa shape index (κ2) is 7.53. The number of carbonyl (C=O) groups is 1. The molecule has 3 rings (SSSR count). The molecule has 27 heavy (non-hydrogen) atoms. The van der Waals surface area contributed by atoms with Crippen molar-refractivity contribution in [1.82, 2.24) is 9.36 Å². The Morgan fingerprint density at radius 3 is 2.33 bits per heavy atom. The van der Waals surface area contributed by atoms with Crippen LogP contribution < -0.4 is 15.6 Å². The van der Waals surface area contributed by atoms with Crippen molar-refractivity contribution in [2.75, 3.05) is 5.32 Å². The van der Waals surface area contributed by atoms with Crippen LogP contribution in [0, 0.1) is 6.92 Å². The Labute approximate surface area is 158 Å². The van der Waals surface area contributed by atoms with Crippen molar-refractivity contribution < 1.29 is 9.53 Å². The van der Waals surface area contributed by atoms with E-state index in [1.165, 1.54) is 4.68 Å². The number of ether oxygens (including phenoxy) is 1. The lowest BCUT2D eigenvalue weighted by atomic mass is 10.2. The number of para-hydroxylation sites is 2. The molecule has 0 spiro atoms. The van der Waals surface area contributed by atoms with E-state index in [2.05, 4.69) is 5.32 Å². The van der Waals surface area contributed by atoms with Gasteiger partial charge in [0.2, 0.25) is 0 Å². The summed E-state index contributed by atoms with van der Waals surface area (Å²) in [7, 11) is 1.79. The summed E-state index contributed by atoms with van der Waals surface area (Å²) in [6.45, 7) is 5.59. The first-order valence-corrected chi connectivity index (χ1v) is 8.81. The van der Waals surface area contributed by atoms with E-state index >= 15 is 0 Å². The summed E-state index contributed by atoms with van der Waals surface area (Å²) in [5, 5.41) is 2.77. The first-order chi connectivity index (χ1) is 12.9. The minimum absolute atomic E-state index is 0.0623. The highest BCUT2D eigenvalue weighted by atomic mass is 16.5. The van der Waals surface area contributed by atoms with Crippen molar-refractivity contribution in [3.63, 3.8) is 0 Å². The normalized spacial score (nSPS) is 10.9. The Bertz CT molecular complexity index is 1020. The predicted octanol–water partition coefficient (Wildman–Crippen LogP) is 3.52. The van der Waals surface area contributed by atoms with Crippen LogP contribution in [0.25, 0.3) is 5.69 Å². The zero-order valence-electron chi connectivity index (χ0n) is 15.9. The fourth-order valence-corrected chi connectivity index (χ4v) is 2.90. The molecule has 3 aromatic rings. The van der Waals surface area contributed by atoms with Crippen molar-refractivity contribution in [2.24, 2.45) is 7.05 Å². The summed E-state index contributed by atoms with van der Waals surface area (Å²) in [5.41, 5.74) is 1.76. The van der Waals surface area contributed by atoms with Crippen LogP contribution in [-0.2, 0) is 7.05 Å². The predicted molar refractivity (Wildman–Crippen MR) is 106 cm³/mol.